The number of carbonyl (C=O) groups excluding carboxylic acids is 1. The van der Waals surface area contributed by atoms with Gasteiger partial charge in [-0.05, 0) is 78.6 Å². The fraction of sp³-hybridized carbons (Fsp3) is 0.138. The number of sulfone groups is 1. The molecule has 1 aromatic heterocycles. The number of nitrogens with zero attached hydrogens (tertiary/aromatic N) is 1. The fourth-order valence-corrected chi connectivity index (χ4v) is 5.31. The predicted octanol–water partition coefficient (Wildman–Crippen LogP) is 3.98. The zero-order valence-electron chi connectivity index (χ0n) is 20.6. The molecule has 0 aliphatic heterocycles. The van der Waals surface area contributed by atoms with Gasteiger partial charge in [-0.25, -0.2) is 17.6 Å². The quantitative estimate of drug-likeness (QED) is 0.216. The molecular weight excluding hydrogens is 521 g/mol. The Morgan fingerprint density at radius 3 is 2.49 bits per heavy atom. The van der Waals surface area contributed by atoms with Gasteiger partial charge < -0.3 is 10.4 Å². The van der Waals surface area contributed by atoms with E-state index < -0.39 is 27.4 Å². The number of aryl methyl sites for hydroxylation is 1. The molecule has 1 amide bonds. The molecule has 1 heterocycles. The number of nitrogens with one attached hydrogen (secondary N) is 2. The average molecular weight is 546 g/mol. The van der Waals surface area contributed by atoms with Gasteiger partial charge >= 0.3 is 5.97 Å². The van der Waals surface area contributed by atoms with Gasteiger partial charge in [0.2, 0.25) is 0 Å². The summed E-state index contributed by atoms with van der Waals surface area (Å²) in [4.78, 5) is 24.0. The number of aromatic nitrogens is 2. The summed E-state index contributed by atoms with van der Waals surface area (Å²) in [6.07, 6.45) is 4.91. The number of hydrogen-bond donors (Lipinski definition) is 3. The Bertz CT molecular complexity index is 1660. The monoisotopic (exact) mass is 545 g/mol. The van der Waals surface area contributed by atoms with Gasteiger partial charge in [0.15, 0.2) is 9.84 Å². The van der Waals surface area contributed by atoms with Gasteiger partial charge in [0, 0.05) is 29.4 Å². The Morgan fingerprint density at radius 1 is 0.974 bits per heavy atom. The molecule has 39 heavy (non-hydrogen) atoms. The topological polar surface area (TPSA) is 129 Å². The van der Waals surface area contributed by atoms with Crippen molar-refractivity contribution in [2.45, 2.75) is 23.5 Å². The second-order valence-electron chi connectivity index (χ2n) is 8.70. The second kappa shape index (κ2) is 12.2. The van der Waals surface area contributed by atoms with Gasteiger partial charge in [0.25, 0.3) is 5.91 Å². The van der Waals surface area contributed by atoms with Crippen molar-refractivity contribution in [2.75, 3.05) is 6.54 Å². The molecule has 0 atom stereocenters. The summed E-state index contributed by atoms with van der Waals surface area (Å²) in [6.45, 7) is 0.403. The zero-order chi connectivity index (χ0) is 27.8. The standard InChI is InChI=1S/C29H24FN3O5S/c30-26-11-7-20(8-12-26)6-9-23-16-24(28(34)31-14-2-4-22-17-32-33-18-22)10-13-27(23)39(37,38)19-21-3-1-5-25(15-21)29(35)36/h1,3,5,7-8,10-13,15-18H,2,4,14,19H2,(H,31,34)(H,32,33)(H,35,36). The number of hydrogen-bond acceptors (Lipinski definition) is 5. The number of H-pyrrole nitrogens is 1. The summed E-state index contributed by atoms with van der Waals surface area (Å²) in [5.41, 5.74) is 2.08. The highest BCUT2D eigenvalue weighted by Crippen LogP contribution is 2.23. The summed E-state index contributed by atoms with van der Waals surface area (Å²) in [5.74, 6) is 3.20. The summed E-state index contributed by atoms with van der Waals surface area (Å²) < 4.78 is 40.1. The van der Waals surface area contributed by atoms with Crippen LogP contribution < -0.4 is 5.32 Å². The third-order valence-corrected chi connectivity index (χ3v) is 7.52. The van der Waals surface area contributed by atoms with Crippen molar-refractivity contribution >= 4 is 21.7 Å². The first-order valence-corrected chi connectivity index (χ1v) is 13.6. The van der Waals surface area contributed by atoms with E-state index in [4.69, 9.17) is 0 Å². The Labute approximate surface area is 224 Å². The lowest BCUT2D eigenvalue weighted by molar-refractivity contribution is 0.0696. The van der Waals surface area contributed by atoms with Crippen molar-refractivity contribution in [3.8, 4) is 11.8 Å². The number of carboxylic acid groups (broad SMARTS) is 1. The number of carbonyl (C=O) groups is 2. The first-order valence-electron chi connectivity index (χ1n) is 11.9. The minimum absolute atomic E-state index is 0.0289. The van der Waals surface area contributed by atoms with Crippen LogP contribution in [0.2, 0.25) is 0 Å². The molecule has 8 nitrogen and oxygen atoms in total. The first-order chi connectivity index (χ1) is 18.7. The van der Waals surface area contributed by atoms with Gasteiger partial charge in [0.05, 0.1) is 22.4 Å². The highest BCUT2D eigenvalue weighted by atomic mass is 32.2. The van der Waals surface area contributed by atoms with Crippen molar-refractivity contribution in [3.05, 3.63) is 118 Å². The van der Waals surface area contributed by atoms with Gasteiger partial charge in [-0.3, -0.25) is 9.89 Å². The predicted molar refractivity (Wildman–Crippen MR) is 142 cm³/mol. The molecule has 0 aliphatic rings. The maximum atomic E-state index is 13.4. The highest BCUT2D eigenvalue weighted by Gasteiger charge is 2.21. The number of halogens is 1. The van der Waals surface area contributed by atoms with Crippen molar-refractivity contribution in [1.82, 2.24) is 15.5 Å². The normalized spacial score (nSPS) is 10.9. The van der Waals surface area contributed by atoms with E-state index in [0.29, 0.717) is 24.1 Å². The number of carboxylic acids is 1. The van der Waals surface area contributed by atoms with E-state index in [9.17, 15) is 27.5 Å². The molecule has 0 spiro atoms. The van der Waals surface area contributed by atoms with Crippen LogP contribution in [-0.4, -0.2) is 42.1 Å². The Kier molecular flexibility index (Phi) is 8.53. The van der Waals surface area contributed by atoms with E-state index in [0.717, 1.165) is 12.0 Å². The first kappa shape index (κ1) is 27.3. The number of benzene rings is 3. The summed E-state index contributed by atoms with van der Waals surface area (Å²) in [6, 6.07) is 15.2. The van der Waals surface area contributed by atoms with Crippen LogP contribution in [0.4, 0.5) is 4.39 Å². The molecule has 0 unspecified atom stereocenters. The maximum absolute atomic E-state index is 13.4. The molecule has 0 saturated carbocycles. The van der Waals surface area contributed by atoms with Crippen LogP contribution in [0.3, 0.4) is 0 Å². The SMILES string of the molecule is O=C(O)c1cccc(CS(=O)(=O)c2ccc(C(=O)NCCCc3cn[nH]c3)cc2C#Cc2ccc(F)cc2)c1. The van der Waals surface area contributed by atoms with E-state index in [-0.39, 0.29) is 27.5 Å². The highest BCUT2D eigenvalue weighted by molar-refractivity contribution is 7.90. The molecule has 0 fully saturated rings. The zero-order valence-corrected chi connectivity index (χ0v) is 21.5. The van der Waals surface area contributed by atoms with Crippen LogP contribution in [0.5, 0.6) is 0 Å². The van der Waals surface area contributed by atoms with Gasteiger partial charge in [0.1, 0.15) is 5.82 Å². The summed E-state index contributed by atoms with van der Waals surface area (Å²) in [7, 11) is -3.98. The van der Waals surface area contributed by atoms with Crippen LogP contribution in [0, 0.1) is 17.7 Å². The molecule has 0 aliphatic carbocycles. The van der Waals surface area contributed by atoms with Crippen LogP contribution in [0.1, 0.15) is 49.4 Å². The molecule has 0 radical (unpaired) electrons. The molecule has 198 valence electrons. The van der Waals surface area contributed by atoms with E-state index in [2.05, 4.69) is 27.4 Å². The lowest BCUT2D eigenvalue weighted by atomic mass is 10.1. The van der Waals surface area contributed by atoms with E-state index in [1.807, 2.05) is 0 Å². The summed E-state index contributed by atoms with van der Waals surface area (Å²) in [5, 5.41) is 18.7. The van der Waals surface area contributed by atoms with Crippen molar-refractivity contribution in [2.24, 2.45) is 0 Å². The van der Waals surface area contributed by atoms with E-state index >= 15 is 0 Å². The largest absolute Gasteiger partial charge is 0.478 e. The van der Waals surface area contributed by atoms with Gasteiger partial charge in [-0.2, -0.15) is 5.10 Å². The van der Waals surface area contributed by atoms with Crippen LogP contribution in [0.25, 0.3) is 0 Å². The van der Waals surface area contributed by atoms with Gasteiger partial charge in [-0.1, -0.05) is 24.0 Å². The Morgan fingerprint density at radius 2 is 1.77 bits per heavy atom. The third kappa shape index (κ3) is 7.40. The van der Waals surface area contributed by atoms with Crippen LogP contribution >= 0.6 is 0 Å². The molecule has 3 N–H and O–H groups in total. The van der Waals surface area contributed by atoms with Crippen molar-refractivity contribution < 1.29 is 27.5 Å². The number of amides is 1. The molecule has 4 rings (SSSR count). The molecule has 10 heteroatoms. The minimum atomic E-state index is -3.98. The maximum Gasteiger partial charge on any atom is 0.335 e. The van der Waals surface area contributed by atoms with Crippen LogP contribution in [0.15, 0.2) is 84.0 Å². The molecule has 3 aromatic carbocycles. The molecular formula is C29H24FN3O5S. The molecule has 0 saturated heterocycles. The number of aromatic amines is 1. The average Bonchev–Trinajstić information content (AvgIpc) is 3.44. The number of aromatic carboxylic acids is 1. The van der Waals surface area contributed by atoms with Crippen molar-refractivity contribution in [3.63, 3.8) is 0 Å². The molecule has 0 bridgehead atoms. The third-order valence-electron chi connectivity index (χ3n) is 5.78. The lowest BCUT2D eigenvalue weighted by Crippen LogP contribution is -2.25. The Hall–Kier alpha value is -4.75. The number of rotatable bonds is 9. The minimum Gasteiger partial charge on any atom is -0.478 e. The van der Waals surface area contributed by atoms with E-state index in [1.165, 1.54) is 66.7 Å². The van der Waals surface area contributed by atoms with Crippen LogP contribution in [-0.2, 0) is 22.0 Å². The van der Waals surface area contributed by atoms with Crippen molar-refractivity contribution in [1.29, 1.82) is 0 Å². The van der Waals surface area contributed by atoms with Gasteiger partial charge in [-0.15, -0.1) is 0 Å². The van der Waals surface area contributed by atoms with E-state index in [1.54, 1.807) is 12.4 Å². The second-order valence-corrected chi connectivity index (χ2v) is 10.7. The molecule has 4 aromatic rings. The Balaban J connectivity index is 1.61. The summed E-state index contributed by atoms with van der Waals surface area (Å²) >= 11 is 0. The fourth-order valence-electron chi connectivity index (χ4n) is 3.81. The lowest BCUT2D eigenvalue weighted by Gasteiger charge is -2.10. The smallest absolute Gasteiger partial charge is 0.335 e.